The molecular weight excluding hydrogens is 468 g/mol. The van der Waals surface area contributed by atoms with E-state index in [0.29, 0.717) is 0 Å². The first kappa shape index (κ1) is 24.6. The summed E-state index contributed by atoms with van der Waals surface area (Å²) in [6.45, 7) is 6.00. The van der Waals surface area contributed by atoms with E-state index in [4.69, 9.17) is 9.72 Å². The number of piperidine rings is 1. The van der Waals surface area contributed by atoms with E-state index in [1.54, 1.807) is 30.3 Å². The number of rotatable bonds is 9. The predicted octanol–water partition coefficient (Wildman–Crippen LogP) is 4.38. The average molecular weight is 501 g/mol. The number of likely N-dealkylation sites (tertiary alicyclic amines) is 1. The van der Waals surface area contributed by atoms with Gasteiger partial charge in [-0.15, -0.1) is 11.3 Å². The van der Waals surface area contributed by atoms with Crippen LogP contribution in [0.25, 0.3) is 9.53 Å². The summed E-state index contributed by atoms with van der Waals surface area (Å²) in [6.07, 6.45) is 1.83. The van der Waals surface area contributed by atoms with Crippen LogP contribution >= 0.6 is 22.7 Å². The molecule has 1 aliphatic heterocycles. The van der Waals surface area contributed by atoms with Crippen LogP contribution in [0.15, 0.2) is 30.3 Å². The minimum atomic E-state index is 0.0861. The van der Waals surface area contributed by atoms with Gasteiger partial charge in [0.05, 0.1) is 16.7 Å². The standard InChI is InChI=1S/C25H32N4O3S2/c1-17(30)21-15-22-23(33-21)26-25(34-22)29(16-18-5-7-20(32-4)8-6-18)14-13-28-11-9-19(10-12-28)24(31)27(2)3/h5-8,15,19H,9-14,16H2,1-4H3. The lowest BCUT2D eigenvalue weighted by Gasteiger charge is -2.34. The van der Waals surface area contributed by atoms with Crippen molar-refractivity contribution in [2.75, 3.05) is 52.3 Å². The third-order valence-corrected chi connectivity index (χ3v) is 8.61. The largest absolute Gasteiger partial charge is 0.497 e. The van der Waals surface area contributed by atoms with Gasteiger partial charge in [0.15, 0.2) is 10.9 Å². The van der Waals surface area contributed by atoms with Crippen molar-refractivity contribution < 1.29 is 14.3 Å². The highest BCUT2D eigenvalue weighted by Gasteiger charge is 2.26. The van der Waals surface area contributed by atoms with Gasteiger partial charge in [0.25, 0.3) is 0 Å². The van der Waals surface area contributed by atoms with Crippen molar-refractivity contribution in [3.63, 3.8) is 0 Å². The number of ketones is 1. The molecule has 4 rings (SSSR count). The van der Waals surface area contributed by atoms with E-state index in [1.807, 2.05) is 32.3 Å². The summed E-state index contributed by atoms with van der Waals surface area (Å²) in [5, 5.41) is 0.977. The van der Waals surface area contributed by atoms with Gasteiger partial charge in [0, 0.05) is 39.6 Å². The fourth-order valence-electron chi connectivity index (χ4n) is 4.26. The molecule has 0 aliphatic carbocycles. The smallest absolute Gasteiger partial charge is 0.225 e. The van der Waals surface area contributed by atoms with E-state index in [9.17, 15) is 9.59 Å². The van der Waals surface area contributed by atoms with Crippen molar-refractivity contribution in [1.29, 1.82) is 0 Å². The fraction of sp³-hybridized carbons (Fsp3) is 0.480. The van der Waals surface area contributed by atoms with Crippen molar-refractivity contribution in [2.24, 2.45) is 5.92 Å². The molecule has 34 heavy (non-hydrogen) atoms. The van der Waals surface area contributed by atoms with Gasteiger partial charge in [-0.1, -0.05) is 23.5 Å². The molecule has 1 fully saturated rings. The number of methoxy groups -OCH3 is 1. The number of thiophene rings is 1. The molecule has 1 aromatic carbocycles. The van der Waals surface area contributed by atoms with Gasteiger partial charge in [-0.25, -0.2) is 4.98 Å². The molecule has 3 heterocycles. The first-order chi connectivity index (χ1) is 16.3. The molecule has 7 nitrogen and oxygen atoms in total. The van der Waals surface area contributed by atoms with Gasteiger partial charge in [0.2, 0.25) is 5.91 Å². The van der Waals surface area contributed by atoms with E-state index >= 15 is 0 Å². The zero-order valence-electron chi connectivity index (χ0n) is 20.2. The van der Waals surface area contributed by atoms with Crippen LogP contribution in [0, 0.1) is 5.92 Å². The van der Waals surface area contributed by atoms with E-state index in [0.717, 1.165) is 70.9 Å². The summed E-state index contributed by atoms with van der Waals surface area (Å²) in [7, 11) is 5.35. The summed E-state index contributed by atoms with van der Waals surface area (Å²) in [6, 6.07) is 10.1. The van der Waals surface area contributed by atoms with Crippen LogP contribution in [-0.2, 0) is 11.3 Å². The van der Waals surface area contributed by atoms with Crippen LogP contribution in [0.5, 0.6) is 5.75 Å². The number of hydrogen-bond acceptors (Lipinski definition) is 8. The first-order valence-electron chi connectivity index (χ1n) is 11.6. The van der Waals surface area contributed by atoms with Gasteiger partial charge in [-0.3, -0.25) is 9.59 Å². The lowest BCUT2D eigenvalue weighted by atomic mass is 9.95. The Hall–Kier alpha value is -2.49. The average Bonchev–Trinajstić information content (AvgIpc) is 3.42. The Kier molecular flexibility index (Phi) is 7.85. The minimum Gasteiger partial charge on any atom is -0.497 e. The van der Waals surface area contributed by atoms with Gasteiger partial charge in [0.1, 0.15) is 10.6 Å². The molecule has 0 atom stereocenters. The number of anilines is 1. The van der Waals surface area contributed by atoms with E-state index < -0.39 is 0 Å². The number of carbonyl (C=O) groups excluding carboxylic acids is 2. The number of aromatic nitrogens is 1. The van der Waals surface area contributed by atoms with Crippen LogP contribution in [0.3, 0.4) is 0 Å². The number of amides is 1. The normalized spacial score (nSPS) is 14.9. The van der Waals surface area contributed by atoms with Crippen LogP contribution in [0.4, 0.5) is 5.13 Å². The van der Waals surface area contributed by atoms with Crippen LogP contribution in [0.1, 0.15) is 35.0 Å². The van der Waals surface area contributed by atoms with Gasteiger partial charge >= 0.3 is 0 Å². The zero-order valence-corrected chi connectivity index (χ0v) is 21.9. The van der Waals surface area contributed by atoms with Crippen LogP contribution < -0.4 is 9.64 Å². The molecule has 0 spiro atoms. The highest BCUT2D eigenvalue weighted by atomic mass is 32.1. The molecule has 0 radical (unpaired) electrons. The predicted molar refractivity (Wildman–Crippen MR) is 139 cm³/mol. The van der Waals surface area contributed by atoms with Crippen LogP contribution in [-0.4, -0.2) is 73.9 Å². The third-order valence-electron chi connectivity index (χ3n) is 6.29. The topological polar surface area (TPSA) is 66.0 Å². The number of thiazole rings is 1. The minimum absolute atomic E-state index is 0.0861. The Morgan fingerprint density at radius 2 is 1.85 bits per heavy atom. The molecule has 0 unspecified atom stereocenters. The maximum Gasteiger partial charge on any atom is 0.225 e. The Bertz CT molecular complexity index is 1100. The summed E-state index contributed by atoms with van der Waals surface area (Å²) in [4.78, 5) is 37.1. The van der Waals surface area contributed by atoms with Gasteiger partial charge < -0.3 is 19.4 Å². The maximum absolute atomic E-state index is 12.3. The SMILES string of the molecule is COc1ccc(CN(CCN2CCC(C(=O)N(C)C)CC2)c2nc3sc(C(C)=O)cc3s2)cc1. The highest BCUT2D eigenvalue weighted by molar-refractivity contribution is 7.29. The molecule has 182 valence electrons. The molecule has 9 heteroatoms. The van der Waals surface area contributed by atoms with E-state index in [1.165, 1.54) is 16.9 Å². The number of Topliss-reactive ketones (excluding diaryl/α,β-unsaturated/α-hetero) is 1. The molecular formula is C25H32N4O3S2. The summed E-state index contributed by atoms with van der Waals surface area (Å²) >= 11 is 3.11. The van der Waals surface area contributed by atoms with Gasteiger partial charge in [-0.05, 0) is 56.6 Å². The maximum atomic E-state index is 12.3. The van der Waals surface area contributed by atoms with Crippen LogP contribution in [0.2, 0.25) is 0 Å². The lowest BCUT2D eigenvalue weighted by Crippen LogP contribution is -2.43. The molecule has 1 aliphatic rings. The zero-order chi connectivity index (χ0) is 24.2. The lowest BCUT2D eigenvalue weighted by molar-refractivity contribution is -0.134. The van der Waals surface area contributed by atoms with Crippen molar-refractivity contribution in [3.8, 4) is 5.75 Å². The van der Waals surface area contributed by atoms with Gasteiger partial charge in [-0.2, -0.15) is 0 Å². The molecule has 1 saturated heterocycles. The fourth-order valence-corrected chi connectivity index (χ4v) is 6.39. The second-order valence-electron chi connectivity index (χ2n) is 8.95. The molecule has 3 aromatic rings. The summed E-state index contributed by atoms with van der Waals surface area (Å²) < 4.78 is 6.36. The summed E-state index contributed by atoms with van der Waals surface area (Å²) in [5.74, 6) is 1.32. The summed E-state index contributed by atoms with van der Waals surface area (Å²) in [5.41, 5.74) is 1.19. The number of hydrogen-bond donors (Lipinski definition) is 0. The second-order valence-corrected chi connectivity index (χ2v) is 11.0. The van der Waals surface area contributed by atoms with Crippen molar-refractivity contribution >= 4 is 49.0 Å². The molecule has 1 amide bonds. The quantitative estimate of drug-likeness (QED) is 0.407. The molecule has 2 aromatic heterocycles. The van der Waals surface area contributed by atoms with Crippen molar-refractivity contribution in [2.45, 2.75) is 26.3 Å². The molecule has 0 N–H and O–H groups in total. The number of fused-ring (bicyclic) bond motifs is 1. The van der Waals surface area contributed by atoms with E-state index in [2.05, 4.69) is 21.9 Å². The number of benzene rings is 1. The Morgan fingerprint density at radius 1 is 1.15 bits per heavy atom. The van der Waals surface area contributed by atoms with Crippen molar-refractivity contribution in [3.05, 3.63) is 40.8 Å². The molecule has 0 saturated carbocycles. The number of carbonyl (C=O) groups is 2. The third kappa shape index (κ3) is 5.76. The highest BCUT2D eigenvalue weighted by Crippen LogP contribution is 2.35. The Balaban J connectivity index is 1.46. The number of nitrogens with zero attached hydrogens (tertiary/aromatic N) is 4. The van der Waals surface area contributed by atoms with Crippen molar-refractivity contribution in [1.82, 2.24) is 14.8 Å². The first-order valence-corrected chi connectivity index (χ1v) is 13.2. The van der Waals surface area contributed by atoms with E-state index in [-0.39, 0.29) is 17.6 Å². The number of ether oxygens (including phenoxy) is 1. The monoisotopic (exact) mass is 500 g/mol. The molecule has 0 bridgehead atoms. The second kappa shape index (κ2) is 10.8. The Labute approximate surface area is 208 Å². The Morgan fingerprint density at radius 3 is 2.44 bits per heavy atom.